The van der Waals surface area contributed by atoms with Crippen molar-refractivity contribution in [2.24, 2.45) is 0 Å². The van der Waals surface area contributed by atoms with E-state index in [0.29, 0.717) is 5.82 Å². The second-order valence-corrected chi connectivity index (χ2v) is 3.30. The van der Waals surface area contributed by atoms with Gasteiger partial charge in [0.05, 0.1) is 6.54 Å². The molecule has 1 aromatic rings. The Balaban J connectivity index is 2.46. The van der Waals surface area contributed by atoms with Crippen LogP contribution in [0.3, 0.4) is 0 Å². The highest BCUT2D eigenvalue weighted by Gasteiger charge is 2.05. The molecule has 0 aliphatic carbocycles. The number of aromatic nitrogens is 3. The predicted octanol–water partition coefficient (Wildman–Crippen LogP) is -0.533. The molecule has 0 unspecified atom stereocenters. The first-order chi connectivity index (χ1) is 6.58. The molecule has 0 radical (unpaired) electrons. The molecule has 0 aliphatic rings. The van der Waals surface area contributed by atoms with Gasteiger partial charge in [0, 0.05) is 6.54 Å². The van der Waals surface area contributed by atoms with Crippen molar-refractivity contribution in [3.8, 4) is 0 Å². The van der Waals surface area contributed by atoms with Crippen molar-refractivity contribution in [3.63, 3.8) is 0 Å². The predicted molar refractivity (Wildman–Crippen MR) is 49.9 cm³/mol. The number of rotatable bonds is 5. The SMILES string of the molecule is CN(C)CCn1cnc(CC(=O)O)n1. The smallest absolute Gasteiger partial charge is 0.311 e. The monoisotopic (exact) mass is 198 g/mol. The lowest BCUT2D eigenvalue weighted by molar-refractivity contribution is -0.136. The lowest BCUT2D eigenvalue weighted by Crippen LogP contribution is -2.18. The van der Waals surface area contributed by atoms with Crippen molar-refractivity contribution in [1.82, 2.24) is 19.7 Å². The van der Waals surface area contributed by atoms with Crippen LogP contribution in [-0.2, 0) is 17.8 Å². The normalized spacial score (nSPS) is 10.8. The van der Waals surface area contributed by atoms with E-state index in [2.05, 4.69) is 10.1 Å². The maximum Gasteiger partial charge on any atom is 0.311 e. The standard InChI is InChI=1S/C8H14N4O2/c1-11(2)3-4-12-6-9-7(10-12)5-8(13)14/h6H,3-5H2,1-2H3,(H,13,14). The van der Waals surface area contributed by atoms with Crippen molar-refractivity contribution in [2.75, 3.05) is 20.6 Å². The first-order valence-electron chi connectivity index (χ1n) is 4.33. The highest BCUT2D eigenvalue weighted by Crippen LogP contribution is 1.92. The van der Waals surface area contributed by atoms with E-state index in [4.69, 9.17) is 5.11 Å². The summed E-state index contributed by atoms with van der Waals surface area (Å²) in [6, 6.07) is 0. The molecule has 0 aromatic carbocycles. The van der Waals surface area contributed by atoms with Gasteiger partial charge in [0.15, 0.2) is 5.82 Å². The topological polar surface area (TPSA) is 71.2 Å². The second kappa shape index (κ2) is 4.71. The van der Waals surface area contributed by atoms with Gasteiger partial charge in [-0.1, -0.05) is 0 Å². The first-order valence-corrected chi connectivity index (χ1v) is 4.33. The van der Waals surface area contributed by atoms with E-state index < -0.39 is 5.97 Å². The van der Waals surface area contributed by atoms with Gasteiger partial charge in [0.2, 0.25) is 0 Å². The second-order valence-electron chi connectivity index (χ2n) is 3.30. The molecule has 0 amide bonds. The molecule has 6 nitrogen and oxygen atoms in total. The Morgan fingerprint density at radius 1 is 1.64 bits per heavy atom. The Morgan fingerprint density at radius 2 is 2.36 bits per heavy atom. The fourth-order valence-electron chi connectivity index (χ4n) is 0.960. The lowest BCUT2D eigenvalue weighted by atomic mass is 10.4. The van der Waals surface area contributed by atoms with E-state index in [1.807, 2.05) is 19.0 Å². The van der Waals surface area contributed by atoms with Gasteiger partial charge in [-0.05, 0) is 14.1 Å². The third-order valence-corrected chi connectivity index (χ3v) is 1.67. The zero-order chi connectivity index (χ0) is 10.6. The molecule has 0 spiro atoms. The van der Waals surface area contributed by atoms with Crippen molar-refractivity contribution < 1.29 is 9.90 Å². The minimum atomic E-state index is -0.907. The van der Waals surface area contributed by atoms with Gasteiger partial charge in [-0.3, -0.25) is 9.48 Å². The van der Waals surface area contributed by atoms with Crippen LogP contribution >= 0.6 is 0 Å². The van der Waals surface area contributed by atoms with Crippen LogP contribution in [0, 0.1) is 0 Å². The summed E-state index contributed by atoms with van der Waals surface area (Å²) >= 11 is 0. The summed E-state index contributed by atoms with van der Waals surface area (Å²) in [7, 11) is 3.93. The molecule has 1 aromatic heterocycles. The molecular weight excluding hydrogens is 184 g/mol. The molecule has 0 aliphatic heterocycles. The highest BCUT2D eigenvalue weighted by molar-refractivity contribution is 5.68. The quantitative estimate of drug-likeness (QED) is 0.688. The van der Waals surface area contributed by atoms with Crippen molar-refractivity contribution in [2.45, 2.75) is 13.0 Å². The average molecular weight is 198 g/mol. The molecule has 6 heteroatoms. The third kappa shape index (κ3) is 3.53. The van der Waals surface area contributed by atoms with Gasteiger partial charge >= 0.3 is 5.97 Å². The van der Waals surface area contributed by atoms with E-state index in [1.165, 1.54) is 0 Å². The Morgan fingerprint density at radius 3 is 2.93 bits per heavy atom. The molecular formula is C8H14N4O2. The molecule has 0 bridgehead atoms. The number of hydrogen-bond acceptors (Lipinski definition) is 4. The Bertz CT molecular complexity index is 308. The average Bonchev–Trinajstić information content (AvgIpc) is 2.47. The number of carbonyl (C=O) groups is 1. The molecule has 1 rings (SSSR count). The van der Waals surface area contributed by atoms with Crippen LogP contribution in [0.5, 0.6) is 0 Å². The lowest BCUT2D eigenvalue weighted by Gasteiger charge is -2.07. The number of likely N-dealkylation sites (N-methyl/N-ethyl adjacent to an activating group) is 1. The van der Waals surface area contributed by atoms with E-state index in [1.54, 1.807) is 11.0 Å². The maximum atomic E-state index is 10.3. The van der Waals surface area contributed by atoms with Gasteiger partial charge in [0.1, 0.15) is 12.7 Å². The van der Waals surface area contributed by atoms with Gasteiger partial charge < -0.3 is 10.0 Å². The molecule has 78 valence electrons. The summed E-state index contributed by atoms with van der Waals surface area (Å²) in [6.45, 7) is 1.58. The first kappa shape index (κ1) is 10.6. The van der Waals surface area contributed by atoms with E-state index in [-0.39, 0.29) is 6.42 Å². The van der Waals surface area contributed by atoms with Crippen LogP contribution < -0.4 is 0 Å². The minimum absolute atomic E-state index is 0.116. The van der Waals surface area contributed by atoms with Crippen LogP contribution in [0.4, 0.5) is 0 Å². The van der Waals surface area contributed by atoms with Gasteiger partial charge in [-0.15, -0.1) is 0 Å². The van der Waals surface area contributed by atoms with E-state index >= 15 is 0 Å². The molecule has 0 saturated carbocycles. The van der Waals surface area contributed by atoms with Crippen molar-refractivity contribution in [3.05, 3.63) is 12.2 Å². The Hall–Kier alpha value is -1.43. The van der Waals surface area contributed by atoms with Crippen molar-refractivity contribution >= 4 is 5.97 Å². The van der Waals surface area contributed by atoms with Gasteiger partial charge in [-0.2, -0.15) is 5.10 Å². The number of nitrogens with zero attached hydrogens (tertiary/aromatic N) is 4. The fourth-order valence-corrected chi connectivity index (χ4v) is 0.960. The summed E-state index contributed by atoms with van der Waals surface area (Å²) in [5.41, 5.74) is 0. The Kier molecular flexibility index (Phi) is 3.58. The summed E-state index contributed by atoms with van der Waals surface area (Å²) in [5.74, 6) is -0.549. The van der Waals surface area contributed by atoms with E-state index in [0.717, 1.165) is 13.1 Å². The fraction of sp³-hybridized carbons (Fsp3) is 0.625. The molecule has 1 heterocycles. The zero-order valence-electron chi connectivity index (χ0n) is 8.34. The number of carboxylic acids is 1. The molecule has 0 fully saturated rings. The van der Waals surface area contributed by atoms with Gasteiger partial charge in [0.25, 0.3) is 0 Å². The molecule has 14 heavy (non-hydrogen) atoms. The molecule has 0 atom stereocenters. The van der Waals surface area contributed by atoms with E-state index in [9.17, 15) is 4.79 Å². The van der Waals surface area contributed by atoms with Crippen LogP contribution in [0.1, 0.15) is 5.82 Å². The largest absolute Gasteiger partial charge is 0.481 e. The van der Waals surface area contributed by atoms with Crippen LogP contribution in [0.25, 0.3) is 0 Å². The maximum absolute atomic E-state index is 10.3. The summed E-state index contributed by atoms with van der Waals surface area (Å²) < 4.78 is 1.65. The summed E-state index contributed by atoms with van der Waals surface area (Å²) in [6.07, 6.45) is 1.44. The molecule has 1 N–H and O–H groups in total. The third-order valence-electron chi connectivity index (χ3n) is 1.67. The van der Waals surface area contributed by atoms with Crippen LogP contribution in [0.2, 0.25) is 0 Å². The summed E-state index contributed by atoms with van der Waals surface area (Å²) in [5, 5.41) is 12.5. The molecule has 0 saturated heterocycles. The summed E-state index contributed by atoms with van der Waals surface area (Å²) in [4.78, 5) is 16.3. The van der Waals surface area contributed by atoms with Gasteiger partial charge in [-0.25, -0.2) is 4.98 Å². The highest BCUT2D eigenvalue weighted by atomic mass is 16.4. The number of aliphatic carboxylic acids is 1. The Labute approximate surface area is 82.2 Å². The number of hydrogen-bond donors (Lipinski definition) is 1. The van der Waals surface area contributed by atoms with Crippen molar-refractivity contribution in [1.29, 1.82) is 0 Å². The minimum Gasteiger partial charge on any atom is -0.481 e. The number of carboxylic acid groups (broad SMARTS) is 1. The van der Waals surface area contributed by atoms with Crippen LogP contribution in [-0.4, -0.2) is 51.4 Å². The van der Waals surface area contributed by atoms with Crippen LogP contribution in [0.15, 0.2) is 6.33 Å². The zero-order valence-corrected chi connectivity index (χ0v) is 8.34.